The third kappa shape index (κ3) is 3.03. The van der Waals surface area contributed by atoms with E-state index in [9.17, 15) is 4.79 Å². The Morgan fingerprint density at radius 3 is 2.95 bits per heavy atom. The zero-order valence-electron chi connectivity index (χ0n) is 10.3. The maximum atomic E-state index is 11.1. The minimum atomic E-state index is -1.05. The van der Waals surface area contributed by atoms with E-state index in [-0.39, 0.29) is 10.6 Å². The number of nitrogens with zero attached hydrogens (tertiary/aromatic N) is 3. The Bertz CT molecular complexity index is 597. The molecule has 2 N–H and O–H groups in total. The third-order valence-corrected chi connectivity index (χ3v) is 3.01. The minimum absolute atomic E-state index is 0.0853. The van der Waals surface area contributed by atoms with Gasteiger partial charge in [-0.25, -0.2) is 4.79 Å². The molecule has 0 radical (unpaired) electrons. The van der Waals surface area contributed by atoms with Crippen molar-refractivity contribution in [3.05, 3.63) is 40.9 Å². The number of anilines is 1. The van der Waals surface area contributed by atoms with Gasteiger partial charge in [0.15, 0.2) is 0 Å². The molecule has 0 saturated carbocycles. The van der Waals surface area contributed by atoms with Crippen LogP contribution >= 0.6 is 11.6 Å². The maximum Gasteiger partial charge on any atom is 0.339 e. The van der Waals surface area contributed by atoms with Gasteiger partial charge < -0.3 is 15.0 Å². The van der Waals surface area contributed by atoms with Crippen LogP contribution < -0.4 is 5.32 Å². The molecule has 1 heterocycles. The summed E-state index contributed by atoms with van der Waals surface area (Å²) in [4.78, 5) is 11.1. The number of carbonyl (C=O) groups is 1. The van der Waals surface area contributed by atoms with Gasteiger partial charge in [0.05, 0.1) is 10.7 Å². The van der Waals surface area contributed by atoms with Gasteiger partial charge in [-0.2, -0.15) is 0 Å². The number of carboxylic acids is 1. The molecule has 6 nitrogen and oxygen atoms in total. The van der Waals surface area contributed by atoms with Crippen LogP contribution in [0.1, 0.15) is 16.2 Å². The van der Waals surface area contributed by atoms with Crippen molar-refractivity contribution < 1.29 is 9.90 Å². The quantitative estimate of drug-likeness (QED) is 0.873. The second kappa shape index (κ2) is 5.71. The molecular formula is C12H13ClN4O2. The number of hydrogen-bond acceptors (Lipinski definition) is 4. The standard InChI is InChI=1S/C12H13ClN4O2/c1-17-7-15-16-10(17)5-6-14-9-4-2-3-8(13)11(9)12(18)19/h2-4,7,14H,5-6H2,1H3,(H,18,19). The van der Waals surface area contributed by atoms with Crippen LogP contribution in [-0.4, -0.2) is 32.4 Å². The molecule has 0 saturated heterocycles. The van der Waals surface area contributed by atoms with E-state index in [2.05, 4.69) is 15.5 Å². The summed E-state index contributed by atoms with van der Waals surface area (Å²) in [5.74, 6) is -0.224. The Balaban J connectivity index is 2.06. The molecule has 2 rings (SSSR count). The van der Waals surface area contributed by atoms with E-state index in [0.717, 1.165) is 5.82 Å². The number of aromatic carboxylic acids is 1. The van der Waals surface area contributed by atoms with Crippen molar-refractivity contribution in [1.29, 1.82) is 0 Å². The van der Waals surface area contributed by atoms with Crippen LogP contribution in [0.4, 0.5) is 5.69 Å². The molecule has 0 bridgehead atoms. The van der Waals surface area contributed by atoms with E-state index >= 15 is 0 Å². The van der Waals surface area contributed by atoms with Crippen molar-refractivity contribution in [2.45, 2.75) is 6.42 Å². The minimum Gasteiger partial charge on any atom is -0.478 e. The molecule has 0 fully saturated rings. The first-order valence-electron chi connectivity index (χ1n) is 5.68. The van der Waals surface area contributed by atoms with E-state index in [0.29, 0.717) is 18.7 Å². The van der Waals surface area contributed by atoms with Crippen LogP contribution in [-0.2, 0) is 13.5 Å². The summed E-state index contributed by atoms with van der Waals surface area (Å²) in [5.41, 5.74) is 0.587. The van der Waals surface area contributed by atoms with Crippen molar-refractivity contribution in [1.82, 2.24) is 14.8 Å². The number of hydrogen-bond donors (Lipinski definition) is 2. The van der Waals surface area contributed by atoms with Gasteiger partial charge in [-0.1, -0.05) is 17.7 Å². The average Bonchev–Trinajstić information content (AvgIpc) is 2.75. The van der Waals surface area contributed by atoms with Crippen molar-refractivity contribution in [2.24, 2.45) is 7.05 Å². The number of halogens is 1. The summed E-state index contributed by atoms with van der Waals surface area (Å²) in [6, 6.07) is 4.95. The lowest BCUT2D eigenvalue weighted by Crippen LogP contribution is -2.12. The predicted molar refractivity (Wildman–Crippen MR) is 71.6 cm³/mol. The topological polar surface area (TPSA) is 80.0 Å². The summed E-state index contributed by atoms with van der Waals surface area (Å²) in [6.07, 6.45) is 2.26. The molecule has 2 aromatic rings. The lowest BCUT2D eigenvalue weighted by atomic mass is 10.1. The smallest absolute Gasteiger partial charge is 0.339 e. The van der Waals surface area contributed by atoms with Gasteiger partial charge in [0.1, 0.15) is 17.7 Å². The number of aromatic nitrogens is 3. The molecule has 1 aromatic carbocycles. The molecule has 0 aliphatic heterocycles. The summed E-state index contributed by atoms with van der Waals surface area (Å²) in [7, 11) is 1.86. The number of aryl methyl sites for hydroxylation is 1. The lowest BCUT2D eigenvalue weighted by Gasteiger charge is -2.10. The largest absolute Gasteiger partial charge is 0.478 e. The molecule has 0 aliphatic carbocycles. The molecular weight excluding hydrogens is 268 g/mol. The molecule has 7 heteroatoms. The fourth-order valence-electron chi connectivity index (χ4n) is 1.73. The molecule has 100 valence electrons. The van der Waals surface area contributed by atoms with Gasteiger partial charge in [-0.15, -0.1) is 10.2 Å². The highest BCUT2D eigenvalue weighted by atomic mass is 35.5. The summed E-state index contributed by atoms with van der Waals surface area (Å²) in [5, 5.41) is 20.1. The second-order valence-electron chi connectivity index (χ2n) is 4.00. The van der Waals surface area contributed by atoms with Gasteiger partial charge in [0.25, 0.3) is 0 Å². The Morgan fingerprint density at radius 2 is 2.32 bits per heavy atom. The van der Waals surface area contributed by atoms with Crippen LogP contribution in [0.15, 0.2) is 24.5 Å². The number of carboxylic acid groups (broad SMARTS) is 1. The highest BCUT2D eigenvalue weighted by Crippen LogP contribution is 2.24. The third-order valence-electron chi connectivity index (χ3n) is 2.70. The van der Waals surface area contributed by atoms with Crippen LogP contribution in [0.2, 0.25) is 5.02 Å². The first kappa shape index (κ1) is 13.4. The number of rotatable bonds is 5. The Labute approximate surface area is 115 Å². The van der Waals surface area contributed by atoms with Gasteiger partial charge >= 0.3 is 5.97 Å². The molecule has 0 aliphatic rings. The highest BCUT2D eigenvalue weighted by molar-refractivity contribution is 6.34. The lowest BCUT2D eigenvalue weighted by molar-refractivity contribution is 0.0698. The van der Waals surface area contributed by atoms with E-state index in [1.807, 2.05) is 11.6 Å². The highest BCUT2D eigenvalue weighted by Gasteiger charge is 2.13. The van der Waals surface area contributed by atoms with Crippen LogP contribution in [0.25, 0.3) is 0 Å². The SMILES string of the molecule is Cn1cnnc1CCNc1cccc(Cl)c1C(=O)O. The van der Waals surface area contributed by atoms with Crippen molar-refractivity contribution in [3.63, 3.8) is 0 Å². The molecule has 19 heavy (non-hydrogen) atoms. The summed E-state index contributed by atoms with van der Waals surface area (Å²) >= 11 is 5.88. The van der Waals surface area contributed by atoms with Crippen LogP contribution in [0.5, 0.6) is 0 Å². The summed E-state index contributed by atoms with van der Waals surface area (Å²) < 4.78 is 1.82. The van der Waals surface area contributed by atoms with Gasteiger partial charge in [-0.3, -0.25) is 0 Å². The van der Waals surface area contributed by atoms with E-state index < -0.39 is 5.97 Å². The maximum absolute atomic E-state index is 11.1. The zero-order chi connectivity index (χ0) is 13.8. The Kier molecular flexibility index (Phi) is 4.01. The Morgan fingerprint density at radius 1 is 1.53 bits per heavy atom. The molecule has 0 amide bonds. The number of benzene rings is 1. The molecule has 1 aromatic heterocycles. The normalized spacial score (nSPS) is 10.4. The monoisotopic (exact) mass is 280 g/mol. The van der Waals surface area contributed by atoms with Gasteiger partial charge in [0.2, 0.25) is 0 Å². The van der Waals surface area contributed by atoms with E-state index in [1.165, 1.54) is 0 Å². The van der Waals surface area contributed by atoms with Crippen molar-refractivity contribution in [2.75, 3.05) is 11.9 Å². The van der Waals surface area contributed by atoms with Gasteiger partial charge in [0, 0.05) is 20.0 Å². The Hall–Kier alpha value is -2.08. The number of nitrogens with one attached hydrogen (secondary N) is 1. The molecule has 0 spiro atoms. The first-order chi connectivity index (χ1) is 9.09. The van der Waals surface area contributed by atoms with Gasteiger partial charge in [-0.05, 0) is 12.1 Å². The van der Waals surface area contributed by atoms with Crippen LogP contribution in [0.3, 0.4) is 0 Å². The fraction of sp³-hybridized carbons (Fsp3) is 0.250. The van der Waals surface area contributed by atoms with Crippen LogP contribution in [0, 0.1) is 0 Å². The van der Waals surface area contributed by atoms with E-state index in [1.54, 1.807) is 24.5 Å². The zero-order valence-corrected chi connectivity index (χ0v) is 11.1. The first-order valence-corrected chi connectivity index (χ1v) is 6.06. The van der Waals surface area contributed by atoms with Crippen molar-refractivity contribution in [3.8, 4) is 0 Å². The predicted octanol–water partition coefficient (Wildman–Crippen LogP) is 1.82. The summed E-state index contributed by atoms with van der Waals surface area (Å²) in [6.45, 7) is 0.549. The second-order valence-corrected chi connectivity index (χ2v) is 4.41. The molecule has 0 atom stereocenters. The average molecular weight is 281 g/mol. The van der Waals surface area contributed by atoms with E-state index in [4.69, 9.17) is 16.7 Å². The molecule has 0 unspecified atom stereocenters. The van der Waals surface area contributed by atoms with Crippen molar-refractivity contribution >= 4 is 23.3 Å². The fourth-order valence-corrected chi connectivity index (χ4v) is 1.99.